The molecule has 0 saturated heterocycles. The molecule has 0 bridgehead atoms. The number of methoxy groups -OCH3 is 1. The number of carbonyl (C=O) groups excluding carboxylic acids is 2. The van der Waals surface area contributed by atoms with Crippen molar-refractivity contribution >= 4 is 12.3 Å². The van der Waals surface area contributed by atoms with Crippen LogP contribution in [0.4, 0.5) is 9.59 Å². The van der Waals surface area contributed by atoms with Gasteiger partial charge in [-0.2, -0.15) is 0 Å². The van der Waals surface area contributed by atoms with Crippen molar-refractivity contribution in [1.82, 2.24) is 0 Å². The zero-order valence-corrected chi connectivity index (χ0v) is 13.6. The molecule has 0 aromatic heterocycles. The van der Waals surface area contributed by atoms with Gasteiger partial charge < -0.3 is 23.7 Å². The number of para-hydroxylation sites is 2. The third-order valence-electron chi connectivity index (χ3n) is 3.00. The van der Waals surface area contributed by atoms with E-state index in [1.807, 2.05) is 0 Å². The van der Waals surface area contributed by atoms with Crippen LogP contribution in [0.5, 0.6) is 11.5 Å². The molecule has 0 radical (unpaired) electrons. The number of ether oxygens (including phenoxy) is 5. The number of carbonyl (C=O) groups is 2. The van der Waals surface area contributed by atoms with Gasteiger partial charge in [0, 0.05) is 7.11 Å². The van der Waals surface area contributed by atoms with E-state index in [1.165, 1.54) is 7.11 Å². The topological polar surface area (TPSA) is 80.3 Å². The van der Waals surface area contributed by atoms with E-state index in [2.05, 4.69) is 0 Å². The van der Waals surface area contributed by atoms with E-state index in [1.54, 1.807) is 60.7 Å². The molecule has 0 unspecified atom stereocenters. The number of hydrogen-bond acceptors (Lipinski definition) is 7. The summed E-state index contributed by atoms with van der Waals surface area (Å²) in [6.45, 7) is -0.276. The summed E-state index contributed by atoms with van der Waals surface area (Å²) in [5.41, 5.74) is 0. The lowest BCUT2D eigenvalue weighted by atomic mass is 10.3. The maximum absolute atomic E-state index is 11.6. The van der Waals surface area contributed by atoms with Crippen LogP contribution in [0.15, 0.2) is 60.7 Å². The van der Waals surface area contributed by atoms with Crippen LogP contribution in [0.2, 0.25) is 0 Å². The first-order valence-electron chi connectivity index (χ1n) is 7.49. The highest BCUT2D eigenvalue weighted by Crippen LogP contribution is 2.10. The summed E-state index contributed by atoms with van der Waals surface area (Å²) < 4.78 is 24.9. The van der Waals surface area contributed by atoms with Crippen molar-refractivity contribution in [3.63, 3.8) is 0 Å². The van der Waals surface area contributed by atoms with Crippen LogP contribution in [0.1, 0.15) is 0 Å². The third-order valence-corrected chi connectivity index (χ3v) is 3.00. The van der Waals surface area contributed by atoms with E-state index in [0.717, 1.165) is 0 Å². The molecular weight excluding hydrogens is 328 g/mol. The average Bonchev–Trinajstić information content (AvgIpc) is 2.63. The van der Waals surface area contributed by atoms with Gasteiger partial charge in [0.15, 0.2) is 0 Å². The van der Waals surface area contributed by atoms with Crippen LogP contribution < -0.4 is 9.47 Å². The predicted molar refractivity (Wildman–Crippen MR) is 87.6 cm³/mol. The van der Waals surface area contributed by atoms with Crippen molar-refractivity contribution in [2.75, 3.05) is 20.3 Å². The summed E-state index contributed by atoms with van der Waals surface area (Å²) in [5.74, 6) is 0.730. The van der Waals surface area contributed by atoms with Crippen molar-refractivity contribution in [3.05, 3.63) is 60.7 Å². The Bertz CT molecular complexity index is 600. The van der Waals surface area contributed by atoms with Crippen molar-refractivity contribution in [2.24, 2.45) is 0 Å². The van der Waals surface area contributed by atoms with Gasteiger partial charge in [-0.25, -0.2) is 9.59 Å². The second-order valence-electron chi connectivity index (χ2n) is 4.81. The fourth-order valence-electron chi connectivity index (χ4n) is 1.73. The van der Waals surface area contributed by atoms with Crippen LogP contribution in [0.3, 0.4) is 0 Å². The SMILES string of the molecule is COC(COC(=O)Oc1ccccc1)COC(=O)Oc1ccccc1. The van der Waals surface area contributed by atoms with Gasteiger partial charge in [0.1, 0.15) is 30.8 Å². The summed E-state index contributed by atoms with van der Waals surface area (Å²) in [5, 5.41) is 0. The summed E-state index contributed by atoms with van der Waals surface area (Å²) in [4.78, 5) is 23.2. The summed E-state index contributed by atoms with van der Waals surface area (Å²) in [7, 11) is 1.41. The van der Waals surface area contributed by atoms with Gasteiger partial charge in [-0.1, -0.05) is 36.4 Å². The van der Waals surface area contributed by atoms with E-state index >= 15 is 0 Å². The third kappa shape index (κ3) is 6.92. The Hall–Kier alpha value is -3.06. The minimum Gasteiger partial charge on any atom is -0.431 e. The van der Waals surface area contributed by atoms with Gasteiger partial charge in [0.25, 0.3) is 0 Å². The van der Waals surface area contributed by atoms with E-state index < -0.39 is 18.4 Å². The van der Waals surface area contributed by atoms with Crippen molar-refractivity contribution in [3.8, 4) is 11.5 Å². The fraction of sp³-hybridized carbons (Fsp3) is 0.222. The molecule has 0 aliphatic carbocycles. The van der Waals surface area contributed by atoms with Gasteiger partial charge in [0.2, 0.25) is 0 Å². The number of benzene rings is 2. The highest BCUT2D eigenvalue weighted by Gasteiger charge is 2.16. The first-order valence-corrected chi connectivity index (χ1v) is 7.49. The molecule has 132 valence electrons. The largest absolute Gasteiger partial charge is 0.513 e. The zero-order chi connectivity index (χ0) is 17.9. The van der Waals surface area contributed by atoms with Crippen molar-refractivity contribution in [1.29, 1.82) is 0 Å². The Labute approximate surface area is 145 Å². The molecule has 2 aromatic carbocycles. The second-order valence-corrected chi connectivity index (χ2v) is 4.81. The molecule has 7 heteroatoms. The molecule has 0 spiro atoms. The molecule has 0 saturated carbocycles. The molecule has 0 heterocycles. The first-order chi connectivity index (χ1) is 12.2. The lowest BCUT2D eigenvalue weighted by Gasteiger charge is -2.15. The van der Waals surface area contributed by atoms with Gasteiger partial charge in [-0.3, -0.25) is 0 Å². The fourth-order valence-corrected chi connectivity index (χ4v) is 1.73. The summed E-state index contributed by atoms with van der Waals surface area (Å²) in [6, 6.07) is 17.0. The van der Waals surface area contributed by atoms with Gasteiger partial charge in [-0.15, -0.1) is 0 Å². The lowest BCUT2D eigenvalue weighted by Crippen LogP contribution is -2.29. The normalized spacial score (nSPS) is 10.2. The monoisotopic (exact) mass is 346 g/mol. The molecule has 7 nitrogen and oxygen atoms in total. The molecule has 0 fully saturated rings. The Morgan fingerprint density at radius 3 is 1.52 bits per heavy atom. The molecule has 0 N–H and O–H groups in total. The average molecular weight is 346 g/mol. The van der Waals surface area contributed by atoms with Crippen molar-refractivity contribution in [2.45, 2.75) is 6.10 Å². The van der Waals surface area contributed by atoms with Crippen molar-refractivity contribution < 1.29 is 33.3 Å². The van der Waals surface area contributed by atoms with E-state index in [-0.39, 0.29) is 13.2 Å². The highest BCUT2D eigenvalue weighted by atomic mass is 16.7. The Morgan fingerprint density at radius 2 is 1.16 bits per heavy atom. The maximum Gasteiger partial charge on any atom is 0.513 e. The minimum atomic E-state index is -0.875. The molecule has 2 rings (SSSR count). The standard InChI is InChI=1S/C18H18O7/c1-21-16(12-22-17(19)24-14-8-4-2-5-9-14)13-23-18(20)25-15-10-6-3-7-11-15/h2-11,16H,12-13H2,1H3. The van der Waals surface area contributed by atoms with Crippen LogP contribution >= 0.6 is 0 Å². The summed E-state index contributed by atoms with van der Waals surface area (Å²) >= 11 is 0. The van der Waals surface area contributed by atoms with Gasteiger partial charge >= 0.3 is 12.3 Å². The maximum atomic E-state index is 11.6. The van der Waals surface area contributed by atoms with Crippen LogP contribution in [0.25, 0.3) is 0 Å². The Kier molecular flexibility index (Phi) is 7.27. The molecule has 0 aliphatic rings. The Balaban J connectivity index is 1.69. The minimum absolute atomic E-state index is 0.138. The zero-order valence-electron chi connectivity index (χ0n) is 13.6. The molecule has 25 heavy (non-hydrogen) atoms. The Morgan fingerprint density at radius 1 is 0.760 bits per heavy atom. The second kappa shape index (κ2) is 9.94. The van der Waals surface area contributed by atoms with E-state index in [4.69, 9.17) is 23.7 Å². The molecular formula is C18H18O7. The quantitative estimate of drug-likeness (QED) is 0.561. The van der Waals surface area contributed by atoms with E-state index in [0.29, 0.717) is 11.5 Å². The first kappa shape index (κ1) is 18.3. The molecule has 0 aliphatic heterocycles. The number of hydrogen-bond donors (Lipinski definition) is 0. The van der Waals surface area contributed by atoms with Crippen LogP contribution in [-0.2, 0) is 14.2 Å². The molecule has 2 aromatic rings. The van der Waals surface area contributed by atoms with E-state index in [9.17, 15) is 9.59 Å². The van der Waals surface area contributed by atoms with Crippen LogP contribution in [0, 0.1) is 0 Å². The predicted octanol–water partition coefficient (Wildman–Crippen LogP) is 3.43. The van der Waals surface area contributed by atoms with Gasteiger partial charge in [0.05, 0.1) is 0 Å². The van der Waals surface area contributed by atoms with Crippen LogP contribution in [-0.4, -0.2) is 38.7 Å². The number of rotatable bonds is 7. The molecule has 0 amide bonds. The lowest BCUT2D eigenvalue weighted by molar-refractivity contribution is -0.0198. The highest BCUT2D eigenvalue weighted by molar-refractivity contribution is 5.64. The molecule has 0 atom stereocenters. The van der Waals surface area contributed by atoms with Gasteiger partial charge in [-0.05, 0) is 24.3 Å². The smallest absolute Gasteiger partial charge is 0.431 e. The summed E-state index contributed by atoms with van der Waals surface area (Å²) in [6.07, 6.45) is -2.40.